The number of nitrogens with two attached hydrogens (primary N) is 2. The fourth-order valence-corrected chi connectivity index (χ4v) is 2.24. The molecule has 0 saturated carbocycles. The molecule has 1 aromatic heterocycles. The quantitative estimate of drug-likeness (QED) is 0.774. The number of aryl methyl sites for hydroxylation is 1. The van der Waals surface area contributed by atoms with E-state index in [0.717, 1.165) is 12.2 Å². The first-order valence-electron chi connectivity index (χ1n) is 5.85. The Morgan fingerprint density at radius 2 is 1.94 bits per heavy atom. The fraction of sp³-hybridized carbons (Fsp3) is 0.727. The van der Waals surface area contributed by atoms with E-state index in [2.05, 4.69) is 17.0 Å². The van der Waals surface area contributed by atoms with Crippen molar-refractivity contribution in [3.8, 4) is 0 Å². The molecule has 1 fully saturated rings. The van der Waals surface area contributed by atoms with Crippen molar-refractivity contribution >= 4 is 11.5 Å². The van der Waals surface area contributed by atoms with Gasteiger partial charge in [0.25, 0.3) is 0 Å². The molecule has 0 radical (unpaired) electrons. The van der Waals surface area contributed by atoms with Crippen molar-refractivity contribution in [2.24, 2.45) is 5.92 Å². The number of piperidine rings is 1. The van der Waals surface area contributed by atoms with Gasteiger partial charge in [0, 0.05) is 6.54 Å². The van der Waals surface area contributed by atoms with E-state index < -0.39 is 0 Å². The molecule has 1 aliphatic rings. The first-order chi connectivity index (χ1) is 7.58. The van der Waals surface area contributed by atoms with E-state index in [4.69, 9.17) is 11.5 Å². The molecule has 5 heteroatoms. The Kier molecular flexibility index (Phi) is 3.05. The number of nitrogens with zero attached hydrogens (tertiary/aromatic N) is 3. The lowest BCUT2D eigenvalue weighted by atomic mass is 9.97. The van der Waals surface area contributed by atoms with Crippen molar-refractivity contribution in [1.82, 2.24) is 14.7 Å². The summed E-state index contributed by atoms with van der Waals surface area (Å²) in [5.41, 5.74) is 13.2. The Morgan fingerprint density at radius 1 is 1.31 bits per heavy atom. The molecule has 5 nitrogen and oxygen atoms in total. The molecular weight excluding hydrogens is 202 g/mol. The topological polar surface area (TPSA) is 73.1 Å². The van der Waals surface area contributed by atoms with Gasteiger partial charge in [-0.1, -0.05) is 0 Å². The van der Waals surface area contributed by atoms with Crippen LogP contribution >= 0.6 is 0 Å². The van der Waals surface area contributed by atoms with E-state index in [0.29, 0.717) is 17.4 Å². The second kappa shape index (κ2) is 4.33. The molecule has 2 rings (SSSR count). The zero-order valence-electron chi connectivity index (χ0n) is 10.1. The highest BCUT2D eigenvalue weighted by atomic mass is 15.3. The summed E-state index contributed by atoms with van der Waals surface area (Å²) in [6.07, 6.45) is 2.43. The summed E-state index contributed by atoms with van der Waals surface area (Å²) >= 11 is 0. The molecule has 0 unspecified atom stereocenters. The summed E-state index contributed by atoms with van der Waals surface area (Å²) in [5, 5.41) is 4.38. The van der Waals surface area contributed by atoms with Crippen LogP contribution < -0.4 is 11.5 Å². The van der Waals surface area contributed by atoms with Gasteiger partial charge in [0.2, 0.25) is 0 Å². The van der Waals surface area contributed by atoms with E-state index in [1.807, 2.05) is 11.6 Å². The SMILES string of the molecule is Cc1nn(CC2CCN(C)CC2)c(N)c1N. The van der Waals surface area contributed by atoms with Crippen molar-refractivity contribution in [2.45, 2.75) is 26.3 Å². The maximum Gasteiger partial charge on any atom is 0.145 e. The maximum absolute atomic E-state index is 5.91. The van der Waals surface area contributed by atoms with E-state index in [-0.39, 0.29) is 0 Å². The molecule has 1 aliphatic heterocycles. The van der Waals surface area contributed by atoms with Crippen molar-refractivity contribution in [2.75, 3.05) is 31.6 Å². The zero-order valence-corrected chi connectivity index (χ0v) is 10.1. The second-order valence-corrected chi connectivity index (χ2v) is 4.81. The smallest absolute Gasteiger partial charge is 0.145 e. The Morgan fingerprint density at radius 3 is 2.44 bits per heavy atom. The molecular formula is C11H21N5. The Hall–Kier alpha value is -1.23. The van der Waals surface area contributed by atoms with E-state index in [1.165, 1.54) is 25.9 Å². The normalized spacial score (nSPS) is 19.1. The number of anilines is 2. The first-order valence-corrected chi connectivity index (χ1v) is 5.85. The zero-order chi connectivity index (χ0) is 11.7. The molecule has 0 atom stereocenters. The Bertz CT molecular complexity index is 363. The number of rotatable bonds is 2. The van der Waals surface area contributed by atoms with Crippen molar-refractivity contribution in [3.63, 3.8) is 0 Å². The predicted molar refractivity (Wildman–Crippen MR) is 66.0 cm³/mol. The lowest BCUT2D eigenvalue weighted by Gasteiger charge is -2.28. The number of nitrogen functional groups attached to an aromatic ring is 2. The van der Waals surface area contributed by atoms with Gasteiger partial charge in [0.15, 0.2) is 0 Å². The molecule has 2 heterocycles. The van der Waals surface area contributed by atoms with Crippen molar-refractivity contribution in [1.29, 1.82) is 0 Å². The van der Waals surface area contributed by atoms with Crippen LogP contribution in [0.1, 0.15) is 18.5 Å². The highest BCUT2D eigenvalue weighted by Crippen LogP contribution is 2.23. The minimum Gasteiger partial charge on any atom is -0.394 e. The number of aromatic nitrogens is 2. The van der Waals surface area contributed by atoms with Crippen LogP contribution in [0.3, 0.4) is 0 Å². The molecule has 0 spiro atoms. The van der Waals surface area contributed by atoms with Crippen LogP contribution in [0, 0.1) is 12.8 Å². The summed E-state index contributed by atoms with van der Waals surface area (Å²) in [7, 11) is 2.17. The average Bonchev–Trinajstić information content (AvgIpc) is 2.50. The molecule has 1 aromatic rings. The monoisotopic (exact) mass is 223 g/mol. The third kappa shape index (κ3) is 2.14. The van der Waals surface area contributed by atoms with Gasteiger partial charge in [-0.3, -0.25) is 0 Å². The van der Waals surface area contributed by atoms with Crippen molar-refractivity contribution in [3.05, 3.63) is 5.69 Å². The third-order valence-electron chi connectivity index (χ3n) is 3.48. The van der Waals surface area contributed by atoms with Gasteiger partial charge < -0.3 is 16.4 Å². The molecule has 0 amide bonds. The lowest BCUT2D eigenvalue weighted by molar-refractivity contribution is 0.202. The Balaban J connectivity index is 2.01. The van der Waals surface area contributed by atoms with Crippen LogP contribution in [0.25, 0.3) is 0 Å². The summed E-state index contributed by atoms with van der Waals surface area (Å²) in [6.45, 7) is 5.13. The standard InChI is InChI=1S/C11H21N5/c1-8-10(12)11(13)16(14-8)7-9-3-5-15(2)6-4-9/h9H,3-7,12-13H2,1-2H3. The van der Waals surface area contributed by atoms with Crippen LogP contribution in [-0.4, -0.2) is 34.8 Å². The fourth-order valence-electron chi connectivity index (χ4n) is 2.24. The molecule has 0 bridgehead atoms. The second-order valence-electron chi connectivity index (χ2n) is 4.81. The van der Waals surface area contributed by atoms with Crippen molar-refractivity contribution < 1.29 is 0 Å². The lowest BCUT2D eigenvalue weighted by Crippen LogP contribution is -2.32. The van der Waals surface area contributed by atoms with E-state index >= 15 is 0 Å². The van der Waals surface area contributed by atoms with Gasteiger partial charge in [-0.05, 0) is 45.8 Å². The minimum atomic E-state index is 0.622. The van der Waals surface area contributed by atoms with E-state index in [1.54, 1.807) is 0 Å². The highest BCUT2D eigenvalue weighted by molar-refractivity contribution is 5.61. The minimum absolute atomic E-state index is 0.622. The summed E-state index contributed by atoms with van der Waals surface area (Å²) < 4.78 is 1.86. The van der Waals surface area contributed by atoms with Crippen LogP contribution in [0.2, 0.25) is 0 Å². The molecule has 16 heavy (non-hydrogen) atoms. The molecule has 4 N–H and O–H groups in total. The van der Waals surface area contributed by atoms with Gasteiger partial charge in [-0.2, -0.15) is 5.10 Å². The predicted octanol–water partition coefficient (Wildman–Crippen LogP) is 0.698. The van der Waals surface area contributed by atoms with Gasteiger partial charge in [0.1, 0.15) is 5.82 Å². The van der Waals surface area contributed by atoms with Crippen LogP contribution in [0.15, 0.2) is 0 Å². The van der Waals surface area contributed by atoms with E-state index in [9.17, 15) is 0 Å². The maximum atomic E-state index is 5.91. The molecule has 90 valence electrons. The van der Waals surface area contributed by atoms with Gasteiger partial charge >= 0.3 is 0 Å². The summed E-state index contributed by atoms with van der Waals surface area (Å²) in [5.74, 6) is 1.30. The van der Waals surface area contributed by atoms with Crippen LogP contribution in [-0.2, 0) is 6.54 Å². The molecule has 1 saturated heterocycles. The average molecular weight is 223 g/mol. The molecule has 0 aromatic carbocycles. The number of hydrogen-bond acceptors (Lipinski definition) is 4. The highest BCUT2D eigenvalue weighted by Gasteiger charge is 2.19. The number of likely N-dealkylation sites (tertiary alicyclic amines) is 1. The third-order valence-corrected chi connectivity index (χ3v) is 3.48. The summed E-state index contributed by atoms with van der Waals surface area (Å²) in [4.78, 5) is 2.36. The first kappa shape index (κ1) is 11.3. The Labute approximate surface area is 96.4 Å². The summed E-state index contributed by atoms with van der Waals surface area (Å²) in [6, 6.07) is 0. The largest absolute Gasteiger partial charge is 0.394 e. The molecule has 0 aliphatic carbocycles. The van der Waals surface area contributed by atoms with Gasteiger partial charge in [-0.25, -0.2) is 4.68 Å². The van der Waals surface area contributed by atoms with Crippen LogP contribution in [0.4, 0.5) is 11.5 Å². The van der Waals surface area contributed by atoms with Gasteiger partial charge in [0.05, 0.1) is 11.4 Å². The van der Waals surface area contributed by atoms with Gasteiger partial charge in [-0.15, -0.1) is 0 Å². The van der Waals surface area contributed by atoms with Crippen LogP contribution in [0.5, 0.6) is 0 Å². The number of hydrogen-bond donors (Lipinski definition) is 2.